The Bertz CT molecular complexity index is 1230. The summed E-state index contributed by atoms with van der Waals surface area (Å²) in [5, 5.41) is 20.1. The highest BCUT2D eigenvalue weighted by atomic mass is 32.2. The molecule has 7 nitrogen and oxygen atoms in total. The second-order valence-corrected chi connectivity index (χ2v) is 12.2. The van der Waals surface area contributed by atoms with Crippen molar-refractivity contribution < 1.29 is 23.4 Å². The van der Waals surface area contributed by atoms with Crippen LogP contribution in [0.4, 0.5) is 0 Å². The van der Waals surface area contributed by atoms with Gasteiger partial charge >= 0.3 is 0 Å². The Morgan fingerprint density at radius 3 is 2.56 bits per heavy atom. The van der Waals surface area contributed by atoms with Crippen LogP contribution in [0, 0.1) is 12.8 Å². The molecule has 9 heteroatoms. The molecule has 2 N–H and O–H groups in total. The smallest absolute Gasteiger partial charge is 0.194 e. The molecule has 1 aliphatic carbocycles. The fourth-order valence-corrected chi connectivity index (χ4v) is 7.29. The number of aliphatic hydroxyl groups excluding tert-OH is 1. The minimum Gasteiger partial charge on any atom is -0.495 e. The standard InChI is InChI=1S/C23H30N2O5S2/c1-14-21(25-12-20(23(2,3)27)31-22(25)24-14)16-7-10-18(30-4)19(11-16)32(28,29)13-15-5-8-17(26)9-6-15/h7,10-12,15,17,26-27H,5-6,8-9,13H2,1-4H3/t15-,17+. The molecule has 0 unspecified atom stereocenters. The van der Waals surface area contributed by atoms with Crippen molar-refractivity contribution in [2.24, 2.45) is 5.92 Å². The molecule has 32 heavy (non-hydrogen) atoms. The maximum absolute atomic E-state index is 13.4. The first-order valence-corrected chi connectivity index (χ1v) is 13.3. The van der Waals surface area contributed by atoms with E-state index in [0.717, 1.165) is 26.8 Å². The van der Waals surface area contributed by atoms with E-state index in [1.54, 1.807) is 26.0 Å². The Morgan fingerprint density at radius 2 is 1.94 bits per heavy atom. The molecule has 0 atom stereocenters. The van der Waals surface area contributed by atoms with Crippen molar-refractivity contribution in [1.29, 1.82) is 0 Å². The summed E-state index contributed by atoms with van der Waals surface area (Å²) in [6.07, 6.45) is 4.25. The first-order valence-electron chi connectivity index (χ1n) is 10.8. The Kier molecular flexibility index (Phi) is 6.13. The molecule has 1 aromatic carbocycles. The maximum atomic E-state index is 13.4. The quantitative estimate of drug-likeness (QED) is 0.557. The molecule has 1 fully saturated rings. The van der Waals surface area contributed by atoms with E-state index in [2.05, 4.69) is 4.98 Å². The number of aromatic nitrogens is 2. The van der Waals surface area contributed by atoms with Gasteiger partial charge in [0, 0.05) is 11.8 Å². The summed E-state index contributed by atoms with van der Waals surface area (Å²) in [5.41, 5.74) is 1.33. The summed E-state index contributed by atoms with van der Waals surface area (Å²) in [6.45, 7) is 5.35. The molecule has 0 aliphatic heterocycles. The van der Waals surface area contributed by atoms with Crippen molar-refractivity contribution in [3.8, 4) is 17.0 Å². The van der Waals surface area contributed by atoms with E-state index in [9.17, 15) is 18.6 Å². The van der Waals surface area contributed by atoms with E-state index in [1.807, 2.05) is 23.6 Å². The van der Waals surface area contributed by atoms with E-state index in [0.29, 0.717) is 31.4 Å². The van der Waals surface area contributed by atoms with Gasteiger partial charge in [-0.3, -0.25) is 4.40 Å². The molecule has 3 aromatic rings. The first-order chi connectivity index (χ1) is 15.0. The van der Waals surface area contributed by atoms with Gasteiger partial charge in [0.25, 0.3) is 0 Å². The number of rotatable bonds is 6. The van der Waals surface area contributed by atoms with Gasteiger partial charge in [-0.1, -0.05) is 11.3 Å². The van der Waals surface area contributed by atoms with Crippen molar-refractivity contribution in [3.05, 3.63) is 35.0 Å². The van der Waals surface area contributed by atoms with Crippen LogP contribution in [-0.4, -0.2) is 47.0 Å². The average Bonchev–Trinajstić information content (AvgIpc) is 3.26. The molecule has 2 aromatic heterocycles. The number of sulfone groups is 1. The van der Waals surface area contributed by atoms with Gasteiger partial charge in [-0.05, 0) is 70.6 Å². The van der Waals surface area contributed by atoms with Crippen LogP contribution in [0.25, 0.3) is 16.2 Å². The van der Waals surface area contributed by atoms with E-state index < -0.39 is 15.4 Å². The van der Waals surface area contributed by atoms with Crippen LogP contribution in [-0.2, 0) is 15.4 Å². The molecular formula is C23H30N2O5S2. The summed E-state index contributed by atoms with van der Waals surface area (Å²) in [7, 11) is -2.12. The molecule has 1 aliphatic rings. The van der Waals surface area contributed by atoms with Gasteiger partial charge in [-0.25, -0.2) is 13.4 Å². The summed E-state index contributed by atoms with van der Waals surface area (Å²) >= 11 is 1.41. The highest BCUT2D eigenvalue weighted by Gasteiger charge is 2.29. The summed E-state index contributed by atoms with van der Waals surface area (Å²) in [5.74, 6) is 0.402. The SMILES string of the molecule is COc1ccc(-c2c(C)nc3sc(C(C)(C)O)cn23)cc1S(=O)(=O)C[C@H]1CC[C@@H](O)CC1. The molecule has 0 radical (unpaired) electrons. The molecule has 4 rings (SSSR count). The van der Waals surface area contributed by atoms with E-state index in [4.69, 9.17) is 4.74 Å². The number of aliphatic hydroxyl groups is 2. The number of benzene rings is 1. The monoisotopic (exact) mass is 478 g/mol. The van der Waals surface area contributed by atoms with Gasteiger partial charge in [0.2, 0.25) is 0 Å². The van der Waals surface area contributed by atoms with Gasteiger partial charge in [0.05, 0.1) is 40.8 Å². The predicted molar refractivity (Wildman–Crippen MR) is 125 cm³/mol. The Morgan fingerprint density at radius 1 is 1.25 bits per heavy atom. The molecule has 0 saturated heterocycles. The summed E-state index contributed by atoms with van der Waals surface area (Å²) in [4.78, 5) is 6.33. The second-order valence-electron chi connectivity index (χ2n) is 9.17. The zero-order valence-corrected chi connectivity index (χ0v) is 20.5. The lowest BCUT2D eigenvalue weighted by atomic mass is 9.89. The second kappa shape index (κ2) is 8.44. The fourth-order valence-electron chi connectivity index (χ4n) is 4.36. The van der Waals surface area contributed by atoms with Gasteiger partial charge in [-0.2, -0.15) is 0 Å². The van der Waals surface area contributed by atoms with Crippen molar-refractivity contribution >= 4 is 26.1 Å². The number of ether oxygens (including phenoxy) is 1. The molecule has 2 heterocycles. The predicted octanol–water partition coefficient (Wildman–Crippen LogP) is 3.93. The molecule has 174 valence electrons. The zero-order valence-electron chi connectivity index (χ0n) is 18.8. The van der Waals surface area contributed by atoms with Gasteiger partial charge in [0.1, 0.15) is 10.6 Å². The number of aryl methyl sites for hydroxylation is 1. The van der Waals surface area contributed by atoms with Crippen LogP contribution in [0.15, 0.2) is 29.3 Å². The minimum atomic E-state index is -3.59. The van der Waals surface area contributed by atoms with Crippen molar-refractivity contribution in [2.75, 3.05) is 12.9 Å². The zero-order chi connectivity index (χ0) is 23.3. The number of methoxy groups -OCH3 is 1. The highest BCUT2D eigenvalue weighted by molar-refractivity contribution is 7.91. The maximum Gasteiger partial charge on any atom is 0.194 e. The topological polar surface area (TPSA) is 101 Å². The van der Waals surface area contributed by atoms with E-state index >= 15 is 0 Å². The largest absolute Gasteiger partial charge is 0.495 e. The van der Waals surface area contributed by atoms with Crippen LogP contribution in [0.2, 0.25) is 0 Å². The normalized spacial score (nSPS) is 20.1. The average molecular weight is 479 g/mol. The third-order valence-corrected chi connectivity index (χ3v) is 9.34. The number of imidazole rings is 1. The van der Waals surface area contributed by atoms with Crippen LogP contribution in [0.1, 0.15) is 50.1 Å². The summed E-state index contributed by atoms with van der Waals surface area (Å²) < 4.78 is 34.1. The Labute approximate surface area is 192 Å². The third-order valence-electron chi connectivity index (χ3n) is 6.15. The lowest BCUT2D eigenvalue weighted by Gasteiger charge is -2.25. The number of hydrogen-bond acceptors (Lipinski definition) is 7. The number of hydrogen-bond donors (Lipinski definition) is 2. The Hall–Kier alpha value is -1.94. The molecule has 1 saturated carbocycles. The molecule has 0 amide bonds. The van der Waals surface area contributed by atoms with Crippen LogP contribution < -0.4 is 4.74 Å². The van der Waals surface area contributed by atoms with Crippen LogP contribution >= 0.6 is 11.3 Å². The Balaban J connectivity index is 1.75. The van der Waals surface area contributed by atoms with Gasteiger partial charge < -0.3 is 14.9 Å². The van der Waals surface area contributed by atoms with Crippen LogP contribution in [0.3, 0.4) is 0 Å². The van der Waals surface area contributed by atoms with Gasteiger partial charge in [0.15, 0.2) is 14.8 Å². The molecular weight excluding hydrogens is 448 g/mol. The number of nitrogens with zero attached hydrogens (tertiary/aromatic N) is 2. The van der Waals surface area contributed by atoms with Crippen molar-refractivity contribution in [3.63, 3.8) is 0 Å². The molecule has 0 spiro atoms. The molecule has 0 bridgehead atoms. The number of fused-ring (bicyclic) bond motifs is 1. The van der Waals surface area contributed by atoms with Crippen molar-refractivity contribution in [2.45, 2.75) is 63.1 Å². The van der Waals surface area contributed by atoms with E-state index in [-0.39, 0.29) is 22.7 Å². The lowest BCUT2D eigenvalue weighted by molar-refractivity contribution is 0.0822. The lowest BCUT2D eigenvalue weighted by Crippen LogP contribution is -2.24. The van der Waals surface area contributed by atoms with E-state index in [1.165, 1.54) is 18.4 Å². The third kappa shape index (κ3) is 4.44. The highest BCUT2D eigenvalue weighted by Crippen LogP contribution is 2.37. The first kappa shape index (κ1) is 23.2. The fraction of sp³-hybridized carbons (Fsp3) is 0.522. The van der Waals surface area contributed by atoms with Crippen LogP contribution in [0.5, 0.6) is 5.75 Å². The summed E-state index contributed by atoms with van der Waals surface area (Å²) in [6, 6.07) is 5.20. The minimum absolute atomic E-state index is 0.0337. The van der Waals surface area contributed by atoms with Crippen molar-refractivity contribution in [1.82, 2.24) is 9.38 Å². The number of thiazole rings is 1. The van der Waals surface area contributed by atoms with Gasteiger partial charge in [-0.15, -0.1) is 0 Å².